The molecule has 0 aliphatic carbocycles. The molecular formula is C122H115AlCl4N6O2. The van der Waals surface area contributed by atoms with Crippen molar-refractivity contribution in [1.82, 2.24) is 28.2 Å². The van der Waals surface area contributed by atoms with Gasteiger partial charge < -0.3 is 18.3 Å². The molecule has 676 valence electrons. The van der Waals surface area contributed by atoms with E-state index in [1.54, 1.807) is 0 Å². The van der Waals surface area contributed by atoms with Gasteiger partial charge in [0.2, 0.25) is 5.24 Å². The number of rotatable bonds is 35. The van der Waals surface area contributed by atoms with Crippen LogP contribution in [0.2, 0.25) is 0 Å². The molecule has 0 aliphatic rings. The Bertz CT molecular complexity index is 7310. The van der Waals surface area contributed by atoms with Crippen molar-refractivity contribution >= 4 is 151 Å². The van der Waals surface area contributed by atoms with E-state index in [0.717, 1.165) is 120 Å². The summed E-state index contributed by atoms with van der Waals surface area (Å²) in [5, 5.41) is 9.92. The standard InChI is InChI=1S/C61H57N3O.C44H40N2.C17H18ClNO.Al.3ClH/c1-2-3-4-5-6-8-19-45-28-38-59-54(42-45)52-22-11-13-25-57(52)63(59)50-34-29-46(30-35-50)47-31-36-51(37-32-47)64-58-26-14-12-23-53(58)55-43-49(33-39-60(55)64)61(65)27-10-7-9-18-44-20-17-21-48(41-44)56-24-15-16-40-62-56;1-2-3-4-5-6-7-14-32-21-30-44-40(31-32)39-17-10-13-20-43(39)46(44)36-28-24-34(25-29-36)33-22-26-35(27-23-33)45-41-18-11-8-15-37(41)38-16-9-12-19-42(38)45;18-17(20)11-3-1-2-7-14-8-6-9-15(13-14)16-10-4-5-12-19-16;;;;/h11-17,20-26,28-43H,2-10,18-19,27H2,1H3;8-13,15-31H,2-7,14H2,1H3;4-6,8-10,12-13H,1-3,7,11H2;;3*1H/q;;;+3;;;/p-3. The lowest BCUT2D eigenvalue weighted by molar-refractivity contribution is -0.111. The summed E-state index contributed by atoms with van der Waals surface area (Å²) in [5.74, 6) is 0.211. The van der Waals surface area contributed by atoms with Gasteiger partial charge in [-0.25, -0.2) is 30.1 Å². The second-order valence-electron chi connectivity index (χ2n) is 35.6. The number of pyridine rings is 2. The summed E-state index contributed by atoms with van der Waals surface area (Å²) in [5.41, 5.74) is 29.8. The summed E-state index contributed by atoms with van der Waals surface area (Å²) in [4.78, 5) is 33.1. The van der Waals surface area contributed by atoms with Crippen molar-refractivity contribution in [2.45, 2.75) is 168 Å². The Morgan fingerprint density at radius 3 is 0.867 bits per heavy atom. The number of para-hydroxylation sites is 5. The molecule has 0 amide bonds. The normalized spacial score (nSPS) is 11.4. The molecule has 0 aliphatic heterocycles. The third kappa shape index (κ3) is 23.2. The summed E-state index contributed by atoms with van der Waals surface area (Å²) in [7, 11) is 14.8. The number of ketones is 1. The van der Waals surface area contributed by atoms with E-state index >= 15 is 0 Å². The highest BCUT2D eigenvalue weighted by Gasteiger charge is 2.21. The summed E-state index contributed by atoms with van der Waals surface area (Å²) in [6, 6.07) is 129. The minimum Gasteiger partial charge on any atom is -0.309 e. The number of nitrogens with zero attached hydrogens (tertiary/aromatic N) is 6. The van der Waals surface area contributed by atoms with Gasteiger partial charge >= 0.3 is 11.4 Å². The maximum atomic E-state index is 13.6. The molecule has 0 radical (unpaired) electrons. The van der Waals surface area contributed by atoms with Crippen LogP contribution in [-0.4, -0.2) is 50.6 Å². The fourth-order valence-electron chi connectivity index (χ4n) is 19.5. The number of fused-ring (bicyclic) bond motifs is 12. The van der Waals surface area contributed by atoms with E-state index in [-0.39, 0.29) is 11.0 Å². The first-order chi connectivity index (χ1) is 66.4. The van der Waals surface area contributed by atoms with Crippen LogP contribution in [0.15, 0.2) is 370 Å². The van der Waals surface area contributed by atoms with Crippen molar-refractivity contribution in [1.29, 1.82) is 0 Å². The minimum absolute atomic E-state index is 0.211. The van der Waals surface area contributed by atoms with Gasteiger partial charge in [-0.15, -0.1) is 0 Å². The van der Waals surface area contributed by atoms with Crippen LogP contribution in [0.5, 0.6) is 0 Å². The zero-order valence-electron chi connectivity index (χ0n) is 77.3. The molecule has 0 spiro atoms. The fraction of sp³-hybridized carbons (Fsp3) is 0.213. The molecule has 0 fully saturated rings. The molecule has 0 unspecified atom stereocenters. The van der Waals surface area contributed by atoms with Gasteiger partial charge in [-0.05, 0) is 278 Å². The van der Waals surface area contributed by atoms with E-state index in [1.807, 2.05) is 48.8 Å². The summed E-state index contributed by atoms with van der Waals surface area (Å²) in [6.45, 7) is 4.57. The van der Waals surface area contributed by atoms with Gasteiger partial charge in [0.1, 0.15) is 0 Å². The maximum absolute atomic E-state index is 13.6. The number of unbranched alkanes of at least 4 members (excludes halogenated alkanes) is 14. The van der Waals surface area contributed by atoms with E-state index in [4.69, 9.17) is 41.7 Å². The van der Waals surface area contributed by atoms with Crippen LogP contribution in [0.4, 0.5) is 0 Å². The van der Waals surface area contributed by atoms with Crippen molar-refractivity contribution < 1.29 is 9.59 Å². The van der Waals surface area contributed by atoms with Crippen molar-refractivity contribution in [3.63, 3.8) is 0 Å². The van der Waals surface area contributed by atoms with Gasteiger partial charge in [-0.3, -0.25) is 19.6 Å². The van der Waals surface area contributed by atoms with E-state index < -0.39 is 11.4 Å². The SMILES string of the molecule is CCCCCCCCc1ccc2c(c1)c1ccccc1n2-c1ccc(-c2ccc(-n3c4ccccc4c4cc(C(=O)CCCCCc5cccc(-c6ccccn6)c5)ccc43)cc2)cc1.CCCCCCCCc1ccc2c(c1)c1ccccc1n2-c1ccc(-c2ccc(-n3c4ccccc4c4ccccc43)cc2)cc1.O=C(Cl)CCCCCc1cccc(-c2ccccn2)c1.[Cl][Al]([Cl])[Cl]. The lowest BCUT2D eigenvalue weighted by Crippen LogP contribution is -2.00. The summed E-state index contributed by atoms with van der Waals surface area (Å²) < 4.78 is 9.54. The predicted octanol–water partition coefficient (Wildman–Crippen LogP) is 35.3. The molecule has 135 heavy (non-hydrogen) atoms. The van der Waals surface area contributed by atoms with Crippen LogP contribution in [0.1, 0.15) is 175 Å². The lowest BCUT2D eigenvalue weighted by atomic mass is 10.00. The second kappa shape index (κ2) is 46.7. The smallest absolute Gasteiger partial charge is 0.309 e. The van der Waals surface area contributed by atoms with E-state index in [9.17, 15) is 9.59 Å². The third-order valence-electron chi connectivity index (χ3n) is 26.3. The Morgan fingerprint density at radius 1 is 0.252 bits per heavy atom. The van der Waals surface area contributed by atoms with Crippen molar-refractivity contribution in [2.75, 3.05) is 0 Å². The largest absolute Gasteiger partial charge is 0.643 e. The molecular weight excluding hydrogens is 1750 g/mol. The minimum atomic E-state index is -1.72. The van der Waals surface area contributed by atoms with Crippen LogP contribution in [0, 0.1) is 0 Å². The number of aryl methyl sites for hydroxylation is 4. The first-order valence-corrected chi connectivity index (χ1v) is 54.2. The summed E-state index contributed by atoms with van der Waals surface area (Å²) in [6.07, 6.45) is 30.9. The Kier molecular flexibility index (Phi) is 32.7. The van der Waals surface area contributed by atoms with Gasteiger partial charge in [0, 0.05) is 108 Å². The van der Waals surface area contributed by atoms with Gasteiger partial charge in [0.15, 0.2) is 5.78 Å². The molecule has 6 aromatic heterocycles. The van der Waals surface area contributed by atoms with Crippen molar-refractivity contribution in [2.24, 2.45) is 0 Å². The molecule has 6 heterocycles. The molecule has 0 bridgehead atoms. The number of Topliss-reactive ketones (excluding diaryl/α,β-unsaturated/α-hetero) is 1. The second-order valence-corrected chi connectivity index (χ2v) is 42.4. The van der Waals surface area contributed by atoms with Crippen molar-refractivity contribution in [3.8, 4) is 67.5 Å². The molecule has 0 N–H and O–H groups in total. The fourth-order valence-corrected chi connectivity index (χ4v) is 19.6. The van der Waals surface area contributed by atoms with E-state index in [2.05, 4.69) is 364 Å². The number of carbonyl (C=O) groups is 2. The number of carbonyl (C=O) groups excluding carboxylic acids is 2. The number of hydrogen-bond acceptors (Lipinski definition) is 4. The molecule has 8 nitrogen and oxygen atoms in total. The van der Waals surface area contributed by atoms with Crippen LogP contribution in [0.25, 0.3) is 155 Å². The van der Waals surface area contributed by atoms with Gasteiger partial charge in [-0.2, -0.15) is 0 Å². The van der Waals surface area contributed by atoms with E-state index in [1.165, 1.54) is 204 Å². The Morgan fingerprint density at radius 2 is 0.533 bits per heavy atom. The molecule has 14 aromatic carbocycles. The molecule has 0 saturated heterocycles. The zero-order chi connectivity index (χ0) is 92.6. The molecule has 13 heteroatoms. The average Bonchev–Trinajstić information content (AvgIpc) is 1.61. The molecule has 0 atom stereocenters. The topological polar surface area (TPSA) is 79.6 Å². The Labute approximate surface area is 816 Å². The quantitative estimate of drug-likeness (QED) is 0.0172. The van der Waals surface area contributed by atoms with Gasteiger partial charge in [-0.1, -0.05) is 291 Å². The molecule has 0 saturated carbocycles. The summed E-state index contributed by atoms with van der Waals surface area (Å²) >= 11 is 3.59. The highest BCUT2D eigenvalue weighted by molar-refractivity contribution is 7.54. The molecule has 20 rings (SSSR count). The highest BCUT2D eigenvalue weighted by Crippen LogP contribution is 2.40. The Balaban J connectivity index is 0.000000156. The maximum Gasteiger partial charge on any atom is 0.643 e. The van der Waals surface area contributed by atoms with Gasteiger partial charge in [0.25, 0.3) is 0 Å². The van der Waals surface area contributed by atoms with Crippen molar-refractivity contribution in [3.05, 3.63) is 398 Å². The zero-order valence-corrected chi connectivity index (χ0v) is 81.5. The third-order valence-corrected chi connectivity index (χ3v) is 26.5. The average molecular weight is 1870 g/mol. The highest BCUT2D eigenvalue weighted by atomic mass is 35.8. The number of benzene rings is 14. The van der Waals surface area contributed by atoms with E-state index in [0.29, 0.717) is 12.8 Å². The predicted molar refractivity (Wildman–Crippen MR) is 577 cm³/mol. The molecule has 20 aromatic rings. The number of aromatic nitrogens is 6. The first kappa shape index (κ1) is 94.4. The van der Waals surface area contributed by atoms with Crippen LogP contribution < -0.4 is 0 Å². The number of halogens is 4. The monoisotopic (exact) mass is 1860 g/mol. The van der Waals surface area contributed by atoms with Crippen LogP contribution in [-0.2, 0) is 30.5 Å². The lowest BCUT2D eigenvalue weighted by Gasteiger charge is -2.11. The van der Waals surface area contributed by atoms with Crippen LogP contribution in [0.3, 0.4) is 0 Å². The first-order valence-electron chi connectivity index (χ1n) is 48.5. The Hall–Kier alpha value is -12.4. The van der Waals surface area contributed by atoms with Gasteiger partial charge in [0.05, 0.1) is 55.5 Å². The van der Waals surface area contributed by atoms with Crippen LogP contribution >= 0.6 is 41.7 Å². The number of hydrogen-bond donors (Lipinski definition) is 0.